The van der Waals surface area contributed by atoms with Crippen LogP contribution in [0.25, 0.3) is 0 Å². The number of hydrogen-bond donors (Lipinski definition) is 1. The minimum Gasteiger partial charge on any atom is -0.384 e. The van der Waals surface area contributed by atoms with Gasteiger partial charge >= 0.3 is 0 Å². The van der Waals surface area contributed by atoms with Crippen molar-refractivity contribution in [3.63, 3.8) is 0 Å². The van der Waals surface area contributed by atoms with Crippen molar-refractivity contribution in [1.82, 2.24) is 4.90 Å². The van der Waals surface area contributed by atoms with Gasteiger partial charge < -0.3 is 10.2 Å². The largest absolute Gasteiger partial charge is 0.384 e. The van der Waals surface area contributed by atoms with Crippen LogP contribution >= 0.6 is 0 Å². The fourth-order valence-corrected chi connectivity index (χ4v) is 3.40. The fourth-order valence-electron chi connectivity index (χ4n) is 3.40. The summed E-state index contributed by atoms with van der Waals surface area (Å²) < 4.78 is 0. The van der Waals surface area contributed by atoms with Gasteiger partial charge in [-0.05, 0) is 24.5 Å². The molecule has 0 saturated heterocycles. The molecule has 1 aliphatic heterocycles. The average Bonchev–Trinajstić information content (AvgIpc) is 2.90. The lowest BCUT2D eigenvalue weighted by Crippen LogP contribution is -2.41. The number of amides is 1. The molecule has 1 saturated carbocycles. The van der Waals surface area contributed by atoms with E-state index in [1.54, 1.807) is 0 Å². The summed E-state index contributed by atoms with van der Waals surface area (Å²) in [5, 5.41) is 3.34. The monoisotopic (exact) mass is 258 g/mol. The van der Waals surface area contributed by atoms with E-state index in [0.29, 0.717) is 6.04 Å². The van der Waals surface area contributed by atoms with Gasteiger partial charge in [-0.2, -0.15) is 0 Å². The molecule has 19 heavy (non-hydrogen) atoms. The molecule has 1 aromatic rings. The minimum absolute atomic E-state index is 0.00289. The topological polar surface area (TPSA) is 32.3 Å². The lowest BCUT2D eigenvalue weighted by atomic mass is 9.92. The first-order valence-electron chi connectivity index (χ1n) is 7.37. The van der Waals surface area contributed by atoms with Gasteiger partial charge in [0.25, 0.3) is 0 Å². The van der Waals surface area contributed by atoms with Crippen LogP contribution in [0, 0.1) is 0 Å². The number of nitrogens with one attached hydrogen (secondary N) is 1. The van der Waals surface area contributed by atoms with E-state index in [4.69, 9.17) is 0 Å². The van der Waals surface area contributed by atoms with Crippen molar-refractivity contribution in [2.24, 2.45) is 0 Å². The number of likely N-dealkylation sites (N-methyl/N-ethyl adjacent to an activating group) is 1. The summed E-state index contributed by atoms with van der Waals surface area (Å²) in [5.41, 5.74) is 2.29. The molecule has 1 aliphatic carbocycles. The van der Waals surface area contributed by atoms with Crippen molar-refractivity contribution < 1.29 is 4.79 Å². The molecule has 3 rings (SSSR count). The Labute approximate surface area is 115 Å². The number of carbonyl (C=O) groups is 1. The van der Waals surface area contributed by atoms with Crippen molar-refractivity contribution in [3.8, 4) is 0 Å². The van der Waals surface area contributed by atoms with Crippen molar-refractivity contribution in [2.45, 2.75) is 44.1 Å². The predicted octanol–water partition coefficient (Wildman–Crippen LogP) is 2.99. The maximum absolute atomic E-state index is 12.7. The zero-order valence-electron chi connectivity index (χ0n) is 11.6. The van der Waals surface area contributed by atoms with Gasteiger partial charge in [0.2, 0.25) is 5.91 Å². The van der Waals surface area contributed by atoms with Gasteiger partial charge in [-0.3, -0.25) is 4.79 Å². The number of anilines is 1. The van der Waals surface area contributed by atoms with E-state index in [1.165, 1.54) is 32.1 Å². The average molecular weight is 258 g/mol. The van der Waals surface area contributed by atoms with E-state index in [1.807, 2.05) is 24.1 Å². The Balaban J connectivity index is 1.74. The number of nitrogens with zero attached hydrogens (tertiary/aromatic N) is 1. The first kappa shape index (κ1) is 12.5. The van der Waals surface area contributed by atoms with E-state index in [9.17, 15) is 4.79 Å². The van der Waals surface area contributed by atoms with Gasteiger partial charge in [0.15, 0.2) is 0 Å². The Morgan fingerprint density at radius 2 is 1.95 bits per heavy atom. The quantitative estimate of drug-likeness (QED) is 0.884. The van der Waals surface area contributed by atoms with Crippen LogP contribution in [0.3, 0.4) is 0 Å². The third-order valence-electron chi connectivity index (χ3n) is 4.60. The lowest BCUT2D eigenvalue weighted by Gasteiger charge is -2.33. The van der Waals surface area contributed by atoms with E-state index in [-0.39, 0.29) is 11.8 Å². The Morgan fingerprint density at radius 1 is 1.21 bits per heavy atom. The van der Waals surface area contributed by atoms with E-state index in [2.05, 4.69) is 17.4 Å². The minimum atomic E-state index is 0.00289. The molecule has 1 amide bonds. The van der Waals surface area contributed by atoms with E-state index < -0.39 is 0 Å². The smallest absolute Gasteiger partial charge is 0.231 e. The van der Waals surface area contributed by atoms with Crippen LogP contribution in [0.1, 0.15) is 43.6 Å². The van der Waals surface area contributed by atoms with Crippen LogP contribution in [0.2, 0.25) is 0 Å². The number of rotatable bonds is 2. The van der Waals surface area contributed by atoms with Crippen LogP contribution in [0.4, 0.5) is 5.69 Å². The highest BCUT2D eigenvalue weighted by atomic mass is 16.2. The highest BCUT2D eigenvalue weighted by molar-refractivity contribution is 5.88. The van der Waals surface area contributed by atoms with Crippen molar-refractivity contribution in [2.75, 3.05) is 18.9 Å². The summed E-state index contributed by atoms with van der Waals surface area (Å²) in [6, 6.07) is 8.63. The summed E-state index contributed by atoms with van der Waals surface area (Å²) in [5.74, 6) is 0.285. The predicted molar refractivity (Wildman–Crippen MR) is 77.3 cm³/mol. The van der Waals surface area contributed by atoms with E-state index >= 15 is 0 Å². The van der Waals surface area contributed by atoms with Crippen molar-refractivity contribution >= 4 is 11.6 Å². The lowest BCUT2D eigenvalue weighted by molar-refractivity contribution is -0.133. The Kier molecular flexibility index (Phi) is 3.45. The number of carbonyl (C=O) groups excluding carboxylic acids is 1. The zero-order valence-corrected chi connectivity index (χ0v) is 11.6. The number of benzene rings is 1. The molecule has 2 aliphatic rings. The number of para-hydroxylation sites is 1. The second-order valence-corrected chi connectivity index (χ2v) is 5.76. The summed E-state index contributed by atoms with van der Waals surface area (Å²) in [7, 11) is 1.99. The molecule has 1 heterocycles. The molecule has 0 bridgehead atoms. The van der Waals surface area contributed by atoms with Crippen LogP contribution in [0.5, 0.6) is 0 Å². The van der Waals surface area contributed by atoms with Gasteiger partial charge in [0.1, 0.15) is 0 Å². The molecule has 3 heteroatoms. The van der Waals surface area contributed by atoms with E-state index in [0.717, 1.165) is 17.8 Å². The molecule has 1 aromatic carbocycles. The summed E-state index contributed by atoms with van der Waals surface area (Å²) in [4.78, 5) is 14.7. The normalized spacial score (nSPS) is 22.7. The molecule has 1 N–H and O–H groups in total. The zero-order chi connectivity index (χ0) is 13.2. The Bertz CT molecular complexity index is 466. The van der Waals surface area contributed by atoms with Gasteiger partial charge in [-0.1, -0.05) is 37.5 Å². The number of hydrogen-bond acceptors (Lipinski definition) is 2. The molecule has 3 nitrogen and oxygen atoms in total. The van der Waals surface area contributed by atoms with Crippen molar-refractivity contribution in [3.05, 3.63) is 29.8 Å². The van der Waals surface area contributed by atoms with Crippen LogP contribution in [-0.4, -0.2) is 30.4 Å². The van der Waals surface area contributed by atoms with Gasteiger partial charge in [0, 0.05) is 25.3 Å². The highest BCUT2D eigenvalue weighted by Crippen LogP contribution is 2.33. The number of fused-ring (bicyclic) bond motifs is 1. The maximum Gasteiger partial charge on any atom is 0.231 e. The van der Waals surface area contributed by atoms with Gasteiger partial charge in [0.05, 0.1) is 5.92 Å². The SMILES string of the molecule is CN(C(=O)C1CNc2ccccc21)C1CCCCC1. The summed E-state index contributed by atoms with van der Waals surface area (Å²) in [6.07, 6.45) is 6.20. The van der Waals surface area contributed by atoms with Crippen LogP contribution in [0.15, 0.2) is 24.3 Å². The molecular formula is C16H22N2O. The van der Waals surface area contributed by atoms with Crippen LogP contribution in [-0.2, 0) is 4.79 Å². The highest BCUT2D eigenvalue weighted by Gasteiger charge is 2.33. The second-order valence-electron chi connectivity index (χ2n) is 5.76. The molecule has 1 unspecified atom stereocenters. The molecule has 0 spiro atoms. The van der Waals surface area contributed by atoms with Gasteiger partial charge in [-0.25, -0.2) is 0 Å². The third-order valence-corrected chi connectivity index (χ3v) is 4.60. The first-order chi connectivity index (χ1) is 9.27. The third kappa shape index (κ3) is 2.34. The molecule has 102 valence electrons. The maximum atomic E-state index is 12.7. The van der Waals surface area contributed by atoms with Crippen molar-refractivity contribution in [1.29, 1.82) is 0 Å². The molecule has 1 fully saturated rings. The Hall–Kier alpha value is -1.51. The van der Waals surface area contributed by atoms with Gasteiger partial charge in [-0.15, -0.1) is 0 Å². The molecule has 1 atom stereocenters. The second kappa shape index (κ2) is 5.24. The molecule has 0 radical (unpaired) electrons. The standard InChI is InChI=1S/C16H22N2O/c1-18(12-7-3-2-4-8-12)16(19)14-11-17-15-10-6-5-9-13(14)15/h5-6,9-10,12,14,17H,2-4,7-8,11H2,1H3. The summed E-state index contributed by atoms with van der Waals surface area (Å²) in [6.45, 7) is 0.745. The fraction of sp³-hybridized carbons (Fsp3) is 0.562. The first-order valence-corrected chi connectivity index (χ1v) is 7.37. The Morgan fingerprint density at radius 3 is 2.74 bits per heavy atom. The summed E-state index contributed by atoms with van der Waals surface area (Å²) >= 11 is 0. The van der Waals surface area contributed by atoms with Crippen LogP contribution < -0.4 is 5.32 Å². The molecular weight excluding hydrogens is 236 g/mol. The molecule has 0 aromatic heterocycles.